The zero-order valence-corrected chi connectivity index (χ0v) is 14.4. The summed E-state index contributed by atoms with van der Waals surface area (Å²) < 4.78 is 0. The normalized spacial score (nSPS) is 15.5. The van der Waals surface area contributed by atoms with E-state index in [0.717, 1.165) is 12.8 Å². The van der Waals surface area contributed by atoms with Gasteiger partial charge in [-0.15, -0.1) is 0 Å². The fraction of sp³-hybridized carbons (Fsp3) is 0.316. The lowest BCUT2D eigenvalue weighted by Gasteiger charge is -2.33. The number of imidazole rings is 1. The van der Waals surface area contributed by atoms with Crippen molar-refractivity contribution in [1.29, 1.82) is 0 Å². The van der Waals surface area contributed by atoms with Gasteiger partial charge in [0.25, 0.3) is 5.91 Å². The first-order valence-corrected chi connectivity index (χ1v) is 8.81. The third kappa shape index (κ3) is 2.90. The number of hydrogen-bond donors (Lipinski definition) is 3. The maximum absolute atomic E-state index is 12.9. The Balaban J connectivity index is 1.52. The highest BCUT2D eigenvalue weighted by molar-refractivity contribution is 6.03. The molecule has 4 rings (SSSR count). The molecule has 0 atom stereocenters. The Morgan fingerprint density at radius 1 is 1.19 bits per heavy atom. The maximum Gasteiger partial charge on any atom is 0.325 e. The van der Waals surface area contributed by atoms with Crippen LogP contribution >= 0.6 is 0 Å². The predicted molar refractivity (Wildman–Crippen MR) is 98.9 cm³/mol. The number of aromatic nitrogens is 3. The van der Waals surface area contributed by atoms with Crippen LogP contribution in [0.3, 0.4) is 0 Å². The number of piperidine rings is 1. The van der Waals surface area contributed by atoms with Crippen LogP contribution in [0.2, 0.25) is 0 Å². The lowest BCUT2D eigenvalue weighted by atomic mass is 9.86. The Morgan fingerprint density at radius 3 is 2.73 bits per heavy atom. The van der Waals surface area contributed by atoms with E-state index in [1.54, 1.807) is 12.3 Å². The lowest BCUT2D eigenvalue weighted by molar-refractivity contribution is 0.0714. The number of rotatable bonds is 3. The van der Waals surface area contributed by atoms with Crippen LogP contribution in [0.25, 0.3) is 11.2 Å². The molecular weight excluding hydrogens is 330 g/mol. The van der Waals surface area contributed by atoms with Gasteiger partial charge in [-0.1, -0.05) is 24.3 Å². The number of carbonyl (C=O) groups excluding carboxylic acids is 1. The minimum Gasteiger partial charge on any atom is -0.339 e. The number of hydrogen-bond acceptors (Lipinski definition) is 4. The standard InChI is InChI=1S/C19H21N5O2/c20-11-13-3-1-2-4-14(13)12-6-9-24(10-7-12)18(25)15-5-8-21-17-16(15)22-19(26)23-17/h1-5,8,12H,6-7,9-11,20H2,(H2,21,22,23,26). The van der Waals surface area contributed by atoms with Crippen LogP contribution in [0, 0.1) is 0 Å². The average Bonchev–Trinajstić information content (AvgIpc) is 3.07. The molecule has 0 bridgehead atoms. The molecule has 0 aliphatic carbocycles. The van der Waals surface area contributed by atoms with Gasteiger partial charge in [-0.2, -0.15) is 0 Å². The smallest absolute Gasteiger partial charge is 0.325 e. The summed E-state index contributed by atoms with van der Waals surface area (Å²) in [6.07, 6.45) is 3.35. The Morgan fingerprint density at radius 2 is 1.96 bits per heavy atom. The second-order valence-corrected chi connectivity index (χ2v) is 6.63. The summed E-state index contributed by atoms with van der Waals surface area (Å²) in [5, 5.41) is 0. The highest BCUT2D eigenvalue weighted by Crippen LogP contribution is 2.31. The van der Waals surface area contributed by atoms with Gasteiger partial charge in [0.05, 0.1) is 11.1 Å². The molecule has 1 aliphatic rings. The second-order valence-electron chi connectivity index (χ2n) is 6.63. The van der Waals surface area contributed by atoms with Crippen LogP contribution in [-0.4, -0.2) is 38.8 Å². The number of nitrogens with one attached hydrogen (secondary N) is 2. The van der Waals surface area contributed by atoms with Crippen molar-refractivity contribution < 1.29 is 4.79 Å². The molecule has 134 valence electrons. The molecule has 3 aromatic rings. The van der Waals surface area contributed by atoms with E-state index in [2.05, 4.69) is 27.1 Å². The van der Waals surface area contributed by atoms with E-state index in [-0.39, 0.29) is 11.6 Å². The monoisotopic (exact) mass is 351 g/mol. The minimum atomic E-state index is -0.357. The number of amides is 1. The molecule has 0 saturated carbocycles. The first kappa shape index (κ1) is 16.5. The lowest BCUT2D eigenvalue weighted by Crippen LogP contribution is -2.38. The third-order valence-electron chi connectivity index (χ3n) is 5.15. The van der Waals surface area contributed by atoms with Crippen molar-refractivity contribution in [1.82, 2.24) is 19.9 Å². The van der Waals surface area contributed by atoms with Crippen molar-refractivity contribution in [2.45, 2.75) is 25.3 Å². The Hall–Kier alpha value is -2.93. The number of benzene rings is 1. The first-order chi connectivity index (χ1) is 12.7. The molecule has 0 unspecified atom stereocenters. The Bertz CT molecular complexity index is 998. The van der Waals surface area contributed by atoms with Crippen molar-refractivity contribution in [2.24, 2.45) is 5.73 Å². The van der Waals surface area contributed by atoms with Crippen LogP contribution in [0.15, 0.2) is 41.3 Å². The summed E-state index contributed by atoms with van der Waals surface area (Å²) in [6.45, 7) is 1.90. The third-order valence-corrected chi connectivity index (χ3v) is 5.15. The minimum absolute atomic E-state index is 0.0711. The predicted octanol–water partition coefficient (Wildman–Crippen LogP) is 1.73. The number of aromatic amines is 2. The zero-order chi connectivity index (χ0) is 18.1. The van der Waals surface area contributed by atoms with Crippen LogP contribution in [0.1, 0.15) is 40.2 Å². The summed E-state index contributed by atoms with van der Waals surface area (Å²) in [5.41, 5.74) is 9.34. The van der Waals surface area contributed by atoms with E-state index in [1.807, 2.05) is 17.0 Å². The van der Waals surface area contributed by atoms with Crippen LogP contribution in [0.5, 0.6) is 0 Å². The topological polar surface area (TPSA) is 108 Å². The number of pyridine rings is 1. The highest BCUT2D eigenvalue weighted by atomic mass is 16.2. The van der Waals surface area contributed by atoms with Gasteiger partial charge in [0.15, 0.2) is 5.65 Å². The summed E-state index contributed by atoms with van der Waals surface area (Å²) in [6, 6.07) is 9.92. The van der Waals surface area contributed by atoms with Gasteiger partial charge in [-0.25, -0.2) is 9.78 Å². The van der Waals surface area contributed by atoms with E-state index >= 15 is 0 Å². The Kier molecular flexibility index (Phi) is 4.30. The first-order valence-electron chi connectivity index (χ1n) is 8.81. The number of carbonyl (C=O) groups is 1. The fourth-order valence-electron chi connectivity index (χ4n) is 3.80. The number of fused-ring (bicyclic) bond motifs is 1. The molecule has 4 N–H and O–H groups in total. The number of nitrogens with zero attached hydrogens (tertiary/aromatic N) is 2. The molecule has 1 aromatic carbocycles. The Labute approximate surface area is 150 Å². The average molecular weight is 351 g/mol. The number of H-pyrrole nitrogens is 2. The van der Waals surface area contributed by atoms with Gasteiger partial charge < -0.3 is 15.6 Å². The summed E-state index contributed by atoms with van der Waals surface area (Å²) in [5.74, 6) is 0.349. The van der Waals surface area contributed by atoms with Crippen molar-refractivity contribution in [2.75, 3.05) is 13.1 Å². The van der Waals surface area contributed by atoms with Gasteiger partial charge >= 0.3 is 5.69 Å². The van der Waals surface area contributed by atoms with Gasteiger partial charge in [0.1, 0.15) is 0 Å². The maximum atomic E-state index is 12.9. The molecule has 0 spiro atoms. The van der Waals surface area contributed by atoms with Gasteiger partial charge in [0.2, 0.25) is 0 Å². The fourth-order valence-corrected chi connectivity index (χ4v) is 3.80. The zero-order valence-electron chi connectivity index (χ0n) is 14.4. The van der Waals surface area contributed by atoms with Crippen LogP contribution in [-0.2, 0) is 6.54 Å². The van der Waals surface area contributed by atoms with Crippen molar-refractivity contribution >= 4 is 17.1 Å². The molecule has 1 saturated heterocycles. The van der Waals surface area contributed by atoms with Crippen molar-refractivity contribution in [3.05, 3.63) is 63.7 Å². The van der Waals surface area contributed by atoms with Crippen LogP contribution in [0.4, 0.5) is 0 Å². The molecule has 1 amide bonds. The van der Waals surface area contributed by atoms with Gasteiger partial charge in [0, 0.05) is 25.8 Å². The van der Waals surface area contributed by atoms with Crippen molar-refractivity contribution in [3.63, 3.8) is 0 Å². The molecule has 3 heterocycles. The van der Waals surface area contributed by atoms with Gasteiger partial charge in [-0.05, 0) is 36.0 Å². The van der Waals surface area contributed by atoms with Gasteiger partial charge in [-0.3, -0.25) is 9.78 Å². The van der Waals surface area contributed by atoms with E-state index < -0.39 is 0 Å². The molecule has 2 aromatic heterocycles. The molecule has 1 aliphatic heterocycles. The summed E-state index contributed by atoms with van der Waals surface area (Å²) >= 11 is 0. The molecule has 1 fully saturated rings. The SMILES string of the molecule is NCc1ccccc1C1CCN(C(=O)c2ccnc3[nH]c(=O)[nH]c23)CC1. The quantitative estimate of drug-likeness (QED) is 0.668. The summed E-state index contributed by atoms with van der Waals surface area (Å²) in [7, 11) is 0. The van der Waals surface area contributed by atoms with Crippen LogP contribution < -0.4 is 11.4 Å². The number of nitrogens with two attached hydrogens (primary N) is 1. The molecule has 7 nitrogen and oxygen atoms in total. The molecule has 0 radical (unpaired) electrons. The van der Waals surface area contributed by atoms with E-state index in [0.29, 0.717) is 42.3 Å². The summed E-state index contributed by atoms with van der Waals surface area (Å²) in [4.78, 5) is 35.6. The highest BCUT2D eigenvalue weighted by Gasteiger charge is 2.27. The largest absolute Gasteiger partial charge is 0.339 e. The second kappa shape index (κ2) is 6.76. The number of likely N-dealkylation sites (tertiary alicyclic amines) is 1. The van der Waals surface area contributed by atoms with E-state index in [1.165, 1.54) is 11.1 Å². The van der Waals surface area contributed by atoms with E-state index in [4.69, 9.17) is 5.73 Å². The molecular formula is C19H21N5O2. The van der Waals surface area contributed by atoms with E-state index in [9.17, 15) is 9.59 Å². The molecule has 26 heavy (non-hydrogen) atoms. The van der Waals surface area contributed by atoms with Crippen molar-refractivity contribution in [3.8, 4) is 0 Å². The molecule has 7 heteroatoms.